The van der Waals surface area contributed by atoms with Crippen molar-refractivity contribution in [1.29, 1.82) is 0 Å². The number of aromatic amines is 1. The van der Waals surface area contributed by atoms with Gasteiger partial charge in [0.05, 0.1) is 11.9 Å². The van der Waals surface area contributed by atoms with Gasteiger partial charge in [0.2, 0.25) is 0 Å². The van der Waals surface area contributed by atoms with Crippen LogP contribution in [0.1, 0.15) is 46.3 Å². The molecule has 1 N–H and O–H groups in total. The van der Waals surface area contributed by atoms with E-state index in [1.807, 2.05) is 4.90 Å². The van der Waals surface area contributed by atoms with Crippen molar-refractivity contribution >= 4 is 5.91 Å². The Morgan fingerprint density at radius 3 is 2.78 bits per heavy atom. The lowest BCUT2D eigenvalue weighted by atomic mass is 9.90. The molecule has 0 unspecified atom stereocenters. The second kappa shape index (κ2) is 6.98. The average Bonchev–Trinajstić information content (AvgIpc) is 3.29. The van der Waals surface area contributed by atoms with Crippen LogP contribution < -0.4 is 0 Å². The molecule has 6 nitrogen and oxygen atoms in total. The van der Waals surface area contributed by atoms with Gasteiger partial charge in [0.15, 0.2) is 0 Å². The molecule has 27 heavy (non-hydrogen) atoms. The quantitative estimate of drug-likeness (QED) is 0.762. The van der Waals surface area contributed by atoms with Crippen LogP contribution in [0.2, 0.25) is 0 Å². The summed E-state index contributed by atoms with van der Waals surface area (Å²) in [6.45, 7) is 4.85. The Labute approximate surface area is 156 Å². The fourth-order valence-corrected chi connectivity index (χ4v) is 3.81. The van der Waals surface area contributed by atoms with Crippen molar-refractivity contribution in [3.63, 3.8) is 0 Å². The highest BCUT2D eigenvalue weighted by Gasteiger charge is 2.30. The Bertz CT molecular complexity index is 941. The molecule has 0 saturated carbocycles. The van der Waals surface area contributed by atoms with Gasteiger partial charge in [-0.25, -0.2) is 4.39 Å². The first-order chi connectivity index (χ1) is 13.0. The number of aryl methyl sites for hydroxylation is 2. The van der Waals surface area contributed by atoms with E-state index >= 15 is 0 Å². The predicted octanol–water partition coefficient (Wildman–Crippen LogP) is 3.84. The molecular formula is C20H21FN4O2. The van der Waals surface area contributed by atoms with Gasteiger partial charge in [0.1, 0.15) is 17.1 Å². The van der Waals surface area contributed by atoms with Crippen LogP contribution in [-0.4, -0.2) is 39.3 Å². The lowest BCUT2D eigenvalue weighted by molar-refractivity contribution is 0.0703. The summed E-state index contributed by atoms with van der Waals surface area (Å²) in [5.41, 5.74) is 4.02. The molecule has 1 aromatic carbocycles. The fraction of sp³-hybridized carbons (Fsp3) is 0.350. The number of nitrogens with one attached hydrogen (secondary N) is 1. The molecule has 0 radical (unpaired) electrons. The third-order valence-electron chi connectivity index (χ3n) is 5.19. The minimum atomic E-state index is -0.266. The Balaban J connectivity index is 1.59. The highest BCUT2D eigenvalue weighted by Crippen LogP contribution is 2.33. The molecule has 7 heteroatoms. The van der Waals surface area contributed by atoms with Gasteiger partial charge in [-0.05, 0) is 44.4 Å². The molecule has 4 rings (SSSR count). The molecule has 0 aliphatic carbocycles. The molecule has 1 aliphatic heterocycles. The Hall–Kier alpha value is -2.96. The zero-order valence-corrected chi connectivity index (χ0v) is 15.3. The van der Waals surface area contributed by atoms with Gasteiger partial charge in [-0.2, -0.15) is 5.10 Å². The fourth-order valence-electron chi connectivity index (χ4n) is 3.81. The number of likely N-dealkylation sites (tertiary alicyclic amines) is 1. The van der Waals surface area contributed by atoms with E-state index in [-0.39, 0.29) is 17.6 Å². The number of amides is 1. The first-order valence-electron chi connectivity index (χ1n) is 9.06. The van der Waals surface area contributed by atoms with Crippen molar-refractivity contribution in [2.45, 2.75) is 32.6 Å². The largest absolute Gasteiger partial charge is 0.361 e. The second-order valence-corrected chi connectivity index (χ2v) is 6.99. The Morgan fingerprint density at radius 1 is 1.30 bits per heavy atom. The van der Waals surface area contributed by atoms with Gasteiger partial charge < -0.3 is 9.42 Å². The van der Waals surface area contributed by atoms with Crippen LogP contribution in [0.25, 0.3) is 11.1 Å². The summed E-state index contributed by atoms with van der Waals surface area (Å²) >= 11 is 0. The highest BCUT2D eigenvalue weighted by molar-refractivity contribution is 5.96. The number of carbonyl (C=O) groups is 1. The predicted molar refractivity (Wildman–Crippen MR) is 97.8 cm³/mol. The summed E-state index contributed by atoms with van der Waals surface area (Å²) in [4.78, 5) is 14.8. The summed E-state index contributed by atoms with van der Waals surface area (Å²) in [5.74, 6) is 0.385. The van der Waals surface area contributed by atoms with Crippen LogP contribution in [0.4, 0.5) is 4.39 Å². The van der Waals surface area contributed by atoms with E-state index in [0.717, 1.165) is 29.7 Å². The number of benzene rings is 1. The van der Waals surface area contributed by atoms with Crippen LogP contribution in [0, 0.1) is 19.7 Å². The van der Waals surface area contributed by atoms with Crippen molar-refractivity contribution in [3.8, 4) is 11.1 Å². The summed E-state index contributed by atoms with van der Waals surface area (Å²) in [7, 11) is 0. The summed E-state index contributed by atoms with van der Waals surface area (Å²) < 4.78 is 18.4. The third-order valence-corrected chi connectivity index (χ3v) is 5.19. The maximum atomic E-state index is 13.2. The summed E-state index contributed by atoms with van der Waals surface area (Å²) in [6.07, 6.45) is 3.63. The molecule has 1 saturated heterocycles. The first-order valence-corrected chi connectivity index (χ1v) is 9.06. The summed E-state index contributed by atoms with van der Waals surface area (Å²) in [5, 5.41) is 11.2. The lowest BCUT2D eigenvalue weighted by Gasteiger charge is -2.32. The van der Waals surface area contributed by atoms with Gasteiger partial charge in [0.25, 0.3) is 5.91 Å². The molecular weight excluding hydrogens is 347 g/mol. The molecule has 3 aromatic rings. The smallest absolute Gasteiger partial charge is 0.259 e. The van der Waals surface area contributed by atoms with Gasteiger partial charge in [-0.15, -0.1) is 0 Å². The molecule has 140 valence electrons. The zero-order valence-electron chi connectivity index (χ0n) is 15.3. The molecule has 1 amide bonds. The van der Waals surface area contributed by atoms with Crippen LogP contribution in [-0.2, 0) is 0 Å². The van der Waals surface area contributed by atoms with Crippen LogP contribution >= 0.6 is 0 Å². The van der Waals surface area contributed by atoms with Gasteiger partial charge in [-0.1, -0.05) is 17.3 Å². The average molecular weight is 368 g/mol. The van der Waals surface area contributed by atoms with E-state index in [2.05, 4.69) is 15.4 Å². The number of carbonyl (C=O) groups excluding carboxylic acids is 1. The van der Waals surface area contributed by atoms with Crippen molar-refractivity contribution in [2.24, 2.45) is 0 Å². The minimum Gasteiger partial charge on any atom is -0.361 e. The number of H-pyrrole nitrogens is 1. The number of hydrogen-bond donors (Lipinski definition) is 1. The highest BCUT2D eigenvalue weighted by atomic mass is 19.1. The first kappa shape index (κ1) is 17.5. The molecule has 0 bridgehead atoms. The van der Waals surface area contributed by atoms with E-state index in [1.165, 1.54) is 12.1 Å². The molecule has 1 atom stereocenters. The topological polar surface area (TPSA) is 75.0 Å². The summed E-state index contributed by atoms with van der Waals surface area (Å²) in [6, 6.07) is 6.39. The van der Waals surface area contributed by atoms with Gasteiger partial charge >= 0.3 is 0 Å². The lowest BCUT2D eigenvalue weighted by Crippen LogP contribution is -2.39. The van der Waals surface area contributed by atoms with Crippen LogP contribution in [0.15, 0.2) is 35.0 Å². The van der Waals surface area contributed by atoms with Gasteiger partial charge in [-0.3, -0.25) is 9.89 Å². The maximum absolute atomic E-state index is 13.2. The van der Waals surface area contributed by atoms with E-state index in [0.29, 0.717) is 30.1 Å². The Morgan fingerprint density at radius 2 is 2.07 bits per heavy atom. The minimum absolute atomic E-state index is 0.0428. The number of hydrogen-bond acceptors (Lipinski definition) is 4. The van der Waals surface area contributed by atoms with Crippen LogP contribution in [0.5, 0.6) is 0 Å². The SMILES string of the molecule is Cc1noc(C)c1C(=O)N1CCC[C@@H](c2[nH]ncc2-c2ccc(F)cc2)C1. The monoisotopic (exact) mass is 368 g/mol. The number of piperidine rings is 1. The van der Waals surface area contributed by atoms with E-state index in [4.69, 9.17) is 4.52 Å². The normalized spacial score (nSPS) is 17.3. The molecule has 2 aromatic heterocycles. The molecule has 0 spiro atoms. The molecule has 3 heterocycles. The van der Waals surface area contributed by atoms with E-state index in [9.17, 15) is 9.18 Å². The molecule has 1 fully saturated rings. The van der Waals surface area contributed by atoms with Crippen molar-refractivity contribution in [2.75, 3.05) is 13.1 Å². The number of aromatic nitrogens is 3. The van der Waals surface area contributed by atoms with Crippen molar-refractivity contribution in [3.05, 3.63) is 59.0 Å². The third kappa shape index (κ3) is 3.25. The maximum Gasteiger partial charge on any atom is 0.259 e. The van der Waals surface area contributed by atoms with Crippen LogP contribution in [0.3, 0.4) is 0 Å². The molecule has 1 aliphatic rings. The Kier molecular flexibility index (Phi) is 4.51. The van der Waals surface area contributed by atoms with Gasteiger partial charge in [0, 0.05) is 30.3 Å². The van der Waals surface area contributed by atoms with E-state index in [1.54, 1.807) is 32.2 Å². The standard InChI is InChI=1S/C20H21FN4O2/c1-12-18(13(2)27-24-12)20(26)25-9-3-4-15(11-25)19-17(10-22-23-19)14-5-7-16(21)8-6-14/h5-8,10,15H,3-4,9,11H2,1-2H3,(H,22,23)/t15-/m1/s1. The zero-order chi connectivity index (χ0) is 19.0. The number of rotatable bonds is 3. The van der Waals surface area contributed by atoms with E-state index < -0.39 is 0 Å². The van der Waals surface area contributed by atoms with Crippen molar-refractivity contribution in [1.82, 2.24) is 20.3 Å². The number of nitrogens with zero attached hydrogens (tertiary/aromatic N) is 3. The number of halogens is 1. The van der Waals surface area contributed by atoms with Crippen molar-refractivity contribution < 1.29 is 13.7 Å². The second-order valence-electron chi connectivity index (χ2n) is 6.99.